The van der Waals surface area contributed by atoms with E-state index in [-0.39, 0.29) is 6.04 Å². The van der Waals surface area contributed by atoms with Gasteiger partial charge in [0.05, 0.1) is 0 Å². The van der Waals surface area contributed by atoms with Crippen LogP contribution >= 0.6 is 0 Å². The minimum absolute atomic E-state index is 0.128. The third-order valence-electron chi connectivity index (χ3n) is 2.26. The third kappa shape index (κ3) is 1.69. The average molecular weight is 189 g/mol. The molecule has 1 aliphatic heterocycles. The van der Waals surface area contributed by atoms with Gasteiger partial charge in [-0.3, -0.25) is 0 Å². The second kappa shape index (κ2) is 3.18. The average Bonchev–Trinajstić information content (AvgIpc) is 2.31. The molecule has 0 radical (unpaired) electrons. The van der Waals surface area contributed by atoms with E-state index < -0.39 is 10.0 Å². The highest BCUT2D eigenvalue weighted by molar-refractivity contribution is 7.92. The van der Waals surface area contributed by atoms with E-state index in [4.69, 9.17) is 0 Å². The number of hydrogen-bond acceptors (Lipinski definition) is 2. The van der Waals surface area contributed by atoms with Crippen molar-refractivity contribution in [2.45, 2.75) is 26.3 Å². The van der Waals surface area contributed by atoms with Crippen molar-refractivity contribution < 1.29 is 8.42 Å². The predicted molar refractivity (Wildman–Crippen MR) is 49.1 cm³/mol. The molecule has 0 aromatic carbocycles. The van der Waals surface area contributed by atoms with Gasteiger partial charge in [-0.05, 0) is 19.3 Å². The zero-order valence-corrected chi connectivity index (χ0v) is 8.34. The molecule has 3 nitrogen and oxygen atoms in total. The maximum atomic E-state index is 11.4. The molecular weight excluding hydrogens is 174 g/mol. The number of nitrogens with zero attached hydrogens (tertiary/aromatic N) is 1. The molecule has 1 saturated heterocycles. The Morgan fingerprint density at radius 1 is 1.50 bits per heavy atom. The van der Waals surface area contributed by atoms with Gasteiger partial charge in [0, 0.05) is 18.0 Å². The van der Waals surface area contributed by atoms with Gasteiger partial charge in [0.2, 0.25) is 10.0 Å². The Balaban J connectivity index is 2.84. The van der Waals surface area contributed by atoms with Crippen molar-refractivity contribution in [3.8, 4) is 0 Å². The molecule has 0 amide bonds. The lowest BCUT2D eigenvalue weighted by Gasteiger charge is -2.17. The summed E-state index contributed by atoms with van der Waals surface area (Å²) in [7, 11) is -3.18. The van der Waals surface area contributed by atoms with Crippen LogP contribution in [-0.2, 0) is 10.0 Å². The Labute approximate surface area is 74.1 Å². The van der Waals surface area contributed by atoms with Crippen molar-refractivity contribution >= 4 is 10.0 Å². The van der Waals surface area contributed by atoms with Crippen molar-refractivity contribution in [1.82, 2.24) is 4.31 Å². The van der Waals surface area contributed by atoms with Crippen LogP contribution in [0.5, 0.6) is 0 Å². The minimum Gasteiger partial charge on any atom is -0.208 e. The van der Waals surface area contributed by atoms with Gasteiger partial charge < -0.3 is 0 Å². The molecular formula is C8H15NO2S. The summed E-state index contributed by atoms with van der Waals surface area (Å²) >= 11 is 0. The van der Waals surface area contributed by atoms with E-state index in [1.165, 1.54) is 4.31 Å². The monoisotopic (exact) mass is 189 g/mol. The zero-order valence-electron chi connectivity index (χ0n) is 7.53. The first-order valence-corrected chi connectivity index (χ1v) is 5.62. The van der Waals surface area contributed by atoms with Gasteiger partial charge in [-0.15, -0.1) is 0 Å². The van der Waals surface area contributed by atoms with Crippen molar-refractivity contribution in [1.29, 1.82) is 0 Å². The highest BCUT2D eigenvalue weighted by atomic mass is 32.2. The summed E-state index contributed by atoms with van der Waals surface area (Å²) in [6.07, 6.45) is 0.951. The molecule has 1 fully saturated rings. The van der Waals surface area contributed by atoms with Crippen molar-refractivity contribution in [2.24, 2.45) is 5.92 Å². The normalized spacial score (nSPS) is 32.2. The molecule has 0 bridgehead atoms. The molecule has 1 aliphatic rings. The smallest absolute Gasteiger partial charge is 0.208 e. The van der Waals surface area contributed by atoms with Crippen LogP contribution in [0.1, 0.15) is 20.3 Å². The lowest BCUT2D eigenvalue weighted by Crippen LogP contribution is -2.32. The van der Waals surface area contributed by atoms with Crippen LogP contribution in [-0.4, -0.2) is 25.3 Å². The Kier molecular flexibility index (Phi) is 2.58. The third-order valence-corrected chi connectivity index (χ3v) is 3.85. The van der Waals surface area contributed by atoms with Gasteiger partial charge in [0.25, 0.3) is 0 Å². The van der Waals surface area contributed by atoms with Crippen LogP contribution in [0.4, 0.5) is 0 Å². The van der Waals surface area contributed by atoms with Crippen LogP contribution < -0.4 is 0 Å². The van der Waals surface area contributed by atoms with Crippen molar-refractivity contribution in [2.75, 3.05) is 6.54 Å². The molecule has 1 rings (SSSR count). The van der Waals surface area contributed by atoms with E-state index in [0.29, 0.717) is 12.5 Å². The zero-order chi connectivity index (χ0) is 9.35. The number of rotatable bonds is 2. The molecule has 0 aliphatic carbocycles. The molecule has 4 heteroatoms. The maximum Gasteiger partial charge on any atom is 0.235 e. The highest BCUT2D eigenvalue weighted by Gasteiger charge is 2.33. The minimum atomic E-state index is -3.18. The van der Waals surface area contributed by atoms with Crippen LogP contribution in [0.2, 0.25) is 0 Å². The van der Waals surface area contributed by atoms with E-state index in [9.17, 15) is 8.42 Å². The maximum absolute atomic E-state index is 11.4. The fourth-order valence-corrected chi connectivity index (χ4v) is 2.95. The first kappa shape index (κ1) is 9.74. The summed E-state index contributed by atoms with van der Waals surface area (Å²) in [6, 6.07) is 0.128. The summed E-state index contributed by atoms with van der Waals surface area (Å²) < 4.78 is 24.2. The summed E-state index contributed by atoms with van der Waals surface area (Å²) in [6.45, 7) is 7.94. The van der Waals surface area contributed by atoms with Gasteiger partial charge in [0.1, 0.15) is 0 Å². The Morgan fingerprint density at radius 2 is 2.08 bits per heavy atom. The lowest BCUT2D eigenvalue weighted by molar-refractivity contribution is 0.412. The molecule has 0 aromatic rings. The summed E-state index contributed by atoms with van der Waals surface area (Å²) in [4.78, 5) is 0. The second-order valence-corrected chi connectivity index (χ2v) is 5.30. The molecule has 2 unspecified atom stereocenters. The predicted octanol–water partition coefficient (Wildman–Crippen LogP) is 1.19. The molecule has 0 aromatic heterocycles. The fraction of sp³-hybridized carbons (Fsp3) is 0.750. The topological polar surface area (TPSA) is 37.4 Å². The summed E-state index contributed by atoms with van der Waals surface area (Å²) in [5, 5.41) is 1.03. The number of sulfonamides is 1. The van der Waals surface area contributed by atoms with Gasteiger partial charge in [-0.1, -0.05) is 13.5 Å². The summed E-state index contributed by atoms with van der Waals surface area (Å²) in [5.41, 5.74) is 0. The fourth-order valence-electron chi connectivity index (χ4n) is 1.71. The van der Waals surface area contributed by atoms with Crippen LogP contribution in [0.15, 0.2) is 12.0 Å². The van der Waals surface area contributed by atoms with E-state index in [1.54, 1.807) is 0 Å². The largest absolute Gasteiger partial charge is 0.235 e. The van der Waals surface area contributed by atoms with Gasteiger partial charge >= 0.3 is 0 Å². The molecule has 0 saturated carbocycles. The first-order valence-electron chi connectivity index (χ1n) is 4.11. The molecule has 0 N–H and O–H groups in total. The molecule has 2 atom stereocenters. The molecule has 12 heavy (non-hydrogen) atoms. The van der Waals surface area contributed by atoms with Gasteiger partial charge in [0.15, 0.2) is 0 Å². The quantitative estimate of drug-likeness (QED) is 0.654. The van der Waals surface area contributed by atoms with Crippen LogP contribution in [0.25, 0.3) is 0 Å². The second-order valence-electron chi connectivity index (χ2n) is 3.47. The van der Waals surface area contributed by atoms with Crippen LogP contribution in [0, 0.1) is 5.92 Å². The molecule has 0 spiro atoms. The van der Waals surface area contributed by atoms with E-state index in [0.717, 1.165) is 11.8 Å². The van der Waals surface area contributed by atoms with Crippen molar-refractivity contribution in [3.05, 3.63) is 12.0 Å². The Bertz CT molecular complexity index is 271. The van der Waals surface area contributed by atoms with Gasteiger partial charge in [-0.25, -0.2) is 8.42 Å². The van der Waals surface area contributed by atoms with E-state index in [2.05, 4.69) is 13.5 Å². The van der Waals surface area contributed by atoms with E-state index in [1.807, 2.05) is 6.92 Å². The van der Waals surface area contributed by atoms with Crippen molar-refractivity contribution in [3.63, 3.8) is 0 Å². The van der Waals surface area contributed by atoms with Gasteiger partial charge in [-0.2, -0.15) is 4.31 Å². The van der Waals surface area contributed by atoms with E-state index >= 15 is 0 Å². The van der Waals surface area contributed by atoms with Crippen LogP contribution in [0.3, 0.4) is 0 Å². The highest BCUT2D eigenvalue weighted by Crippen LogP contribution is 2.25. The Morgan fingerprint density at radius 3 is 2.42 bits per heavy atom. The first-order chi connectivity index (χ1) is 5.47. The lowest BCUT2D eigenvalue weighted by atomic mass is 10.1. The standard InChI is InChI=1S/C8H15NO2S/c1-4-12(10,11)9-6-7(2)5-8(9)3/h4,7-8H,1,5-6H2,2-3H3. The SMILES string of the molecule is C=CS(=O)(=O)N1CC(C)CC1C. The number of hydrogen-bond donors (Lipinski definition) is 0. The summed E-state index contributed by atoms with van der Waals surface area (Å²) in [5.74, 6) is 0.467. The molecule has 70 valence electrons. The molecule has 1 heterocycles. The Hall–Kier alpha value is -0.350.